The molecule has 0 aliphatic rings. The molecule has 36 heavy (non-hydrogen) atoms. The van der Waals surface area contributed by atoms with Crippen LogP contribution < -0.4 is 31.8 Å². The number of hydrazine groups is 2. The van der Waals surface area contributed by atoms with Crippen LogP contribution in [0.4, 0.5) is 23.5 Å². The van der Waals surface area contributed by atoms with Gasteiger partial charge in [-0.1, -0.05) is 36.4 Å². The van der Waals surface area contributed by atoms with Crippen molar-refractivity contribution in [3.8, 4) is 5.75 Å². The summed E-state index contributed by atoms with van der Waals surface area (Å²) in [5.41, 5.74) is 12.3. The molecule has 4 aromatic rings. The molecule has 0 atom stereocenters. The first kappa shape index (κ1) is 23.9. The Balaban J connectivity index is 1.48. The summed E-state index contributed by atoms with van der Waals surface area (Å²) in [6.07, 6.45) is 3.18. The van der Waals surface area contributed by atoms with Crippen LogP contribution in [0.1, 0.15) is 15.9 Å². The van der Waals surface area contributed by atoms with Gasteiger partial charge in [0, 0.05) is 29.7 Å². The van der Waals surface area contributed by atoms with Gasteiger partial charge < -0.3 is 10.1 Å². The van der Waals surface area contributed by atoms with E-state index in [0.29, 0.717) is 17.0 Å². The fourth-order valence-electron chi connectivity index (χ4n) is 3.01. The second-order valence-electron chi connectivity index (χ2n) is 7.31. The summed E-state index contributed by atoms with van der Waals surface area (Å²) in [6, 6.07) is 19.6. The molecule has 0 bridgehead atoms. The molecule has 0 saturated carbocycles. The molecular weight excluding hydrogens is 462 g/mol. The first-order valence-corrected chi connectivity index (χ1v) is 10.8. The predicted octanol–water partition coefficient (Wildman–Crippen LogP) is 2.46. The number of aromatic nitrogens is 4. The molecule has 2 amide bonds. The number of carbonyl (C=O) groups is 2. The van der Waals surface area contributed by atoms with Crippen molar-refractivity contribution in [1.29, 1.82) is 0 Å². The molecule has 0 unspecified atom stereocenters. The van der Waals surface area contributed by atoms with Crippen molar-refractivity contribution in [2.75, 3.05) is 23.3 Å². The third kappa shape index (κ3) is 6.87. The number of benzene rings is 2. The summed E-state index contributed by atoms with van der Waals surface area (Å²) in [7, 11) is 1.57. The van der Waals surface area contributed by atoms with Gasteiger partial charge in [0.15, 0.2) is 0 Å². The monoisotopic (exact) mass is 485 g/mol. The topological polar surface area (TPSA) is 155 Å². The highest BCUT2D eigenvalue weighted by molar-refractivity contribution is 5.94. The molecule has 5 N–H and O–H groups in total. The minimum absolute atomic E-state index is 0.0256. The minimum atomic E-state index is -0.411. The van der Waals surface area contributed by atoms with Crippen LogP contribution in [-0.4, -0.2) is 38.9 Å². The molecule has 0 aliphatic heterocycles. The van der Waals surface area contributed by atoms with Crippen LogP contribution in [0.3, 0.4) is 0 Å². The number of pyridine rings is 1. The van der Waals surface area contributed by atoms with Gasteiger partial charge in [0.25, 0.3) is 5.91 Å². The van der Waals surface area contributed by atoms with Gasteiger partial charge in [-0.3, -0.25) is 36.3 Å². The van der Waals surface area contributed by atoms with E-state index < -0.39 is 5.91 Å². The van der Waals surface area contributed by atoms with E-state index in [4.69, 9.17) is 4.74 Å². The van der Waals surface area contributed by atoms with Crippen LogP contribution >= 0.6 is 0 Å². The highest BCUT2D eigenvalue weighted by Crippen LogP contribution is 2.20. The second kappa shape index (κ2) is 11.7. The van der Waals surface area contributed by atoms with E-state index >= 15 is 0 Å². The molecule has 2 aromatic heterocycles. The number of nitrogens with zero attached hydrogens (tertiary/aromatic N) is 4. The minimum Gasteiger partial charge on any atom is -0.497 e. The number of methoxy groups -OCH3 is 1. The maximum Gasteiger partial charge on any atom is 0.269 e. The average molecular weight is 486 g/mol. The molecule has 0 aliphatic carbocycles. The second-order valence-corrected chi connectivity index (χ2v) is 7.31. The van der Waals surface area contributed by atoms with Crippen molar-refractivity contribution in [3.63, 3.8) is 0 Å². The van der Waals surface area contributed by atoms with Gasteiger partial charge in [0.1, 0.15) is 5.75 Å². The summed E-state index contributed by atoms with van der Waals surface area (Å²) < 4.78 is 5.24. The molecular formula is C24H23N9O3. The molecule has 2 aromatic carbocycles. The maximum absolute atomic E-state index is 12.4. The molecule has 0 spiro atoms. The Kier molecular flexibility index (Phi) is 7.79. The standard InChI is InChI=1S/C24H23N9O3/c1-36-19-9-5-8-18(15-19)26-22-27-23(32-30-20(34)14-16-6-3-2-4-7-16)29-24(28-22)33-31-21(35)17-10-12-25-13-11-17/h2-13,15H,14H2,1H3,(H,30,34)(H,31,35)(H3,26,27,28,29,32,33). The van der Waals surface area contributed by atoms with E-state index in [0.717, 1.165) is 5.56 Å². The van der Waals surface area contributed by atoms with Crippen molar-refractivity contribution >= 4 is 35.3 Å². The van der Waals surface area contributed by atoms with Gasteiger partial charge in [-0.25, -0.2) is 0 Å². The smallest absolute Gasteiger partial charge is 0.269 e. The summed E-state index contributed by atoms with van der Waals surface area (Å²) in [4.78, 5) is 41.4. The lowest BCUT2D eigenvalue weighted by molar-refractivity contribution is -0.119. The number of hydrogen-bond acceptors (Lipinski definition) is 10. The van der Waals surface area contributed by atoms with E-state index in [1.54, 1.807) is 43.5 Å². The van der Waals surface area contributed by atoms with Gasteiger partial charge in [0.2, 0.25) is 23.8 Å². The van der Waals surface area contributed by atoms with E-state index in [-0.39, 0.29) is 30.2 Å². The van der Waals surface area contributed by atoms with Crippen LogP contribution in [-0.2, 0) is 11.2 Å². The van der Waals surface area contributed by atoms with Crippen LogP contribution in [0.5, 0.6) is 5.75 Å². The highest BCUT2D eigenvalue weighted by Gasteiger charge is 2.11. The molecule has 0 saturated heterocycles. The van der Waals surface area contributed by atoms with Gasteiger partial charge >= 0.3 is 0 Å². The first-order chi connectivity index (χ1) is 17.6. The van der Waals surface area contributed by atoms with Crippen molar-refractivity contribution in [3.05, 3.63) is 90.3 Å². The van der Waals surface area contributed by atoms with Crippen LogP contribution in [0.15, 0.2) is 79.1 Å². The fraction of sp³-hybridized carbons (Fsp3) is 0.0833. The van der Waals surface area contributed by atoms with Crippen LogP contribution in [0.25, 0.3) is 0 Å². The third-order valence-corrected chi connectivity index (χ3v) is 4.71. The predicted molar refractivity (Wildman–Crippen MR) is 133 cm³/mol. The Morgan fingerprint density at radius 3 is 2.22 bits per heavy atom. The molecule has 12 nitrogen and oxygen atoms in total. The molecule has 12 heteroatoms. The largest absolute Gasteiger partial charge is 0.497 e. The normalized spacial score (nSPS) is 10.1. The van der Waals surface area contributed by atoms with E-state index in [1.165, 1.54) is 12.4 Å². The lowest BCUT2D eigenvalue weighted by atomic mass is 10.1. The number of carbonyl (C=O) groups excluding carboxylic acids is 2. The zero-order valence-corrected chi connectivity index (χ0v) is 19.2. The lowest BCUT2D eigenvalue weighted by Gasteiger charge is -2.13. The SMILES string of the molecule is COc1cccc(Nc2nc(NNC(=O)Cc3ccccc3)nc(NNC(=O)c3ccncc3)n2)c1. The number of rotatable bonds is 10. The lowest BCUT2D eigenvalue weighted by Crippen LogP contribution is -2.33. The summed E-state index contributed by atoms with van der Waals surface area (Å²) in [5.74, 6) is 0.160. The van der Waals surface area contributed by atoms with Gasteiger partial charge in [0.05, 0.1) is 13.5 Å². The molecule has 0 fully saturated rings. The van der Waals surface area contributed by atoms with E-state index in [2.05, 4.69) is 47.0 Å². The molecule has 4 rings (SSSR count). The van der Waals surface area contributed by atoms with E-state index in [1.807, 2.05) is 30.3 Å². The van der Waals surface area contributed by atoms with Crippen LogP contribution in [0, 0.1) is 0 Å². The zero-order valence-electron chi connectivity index (χ0n) is 19.2. The van der Waals surface area contributed by atoms with Crippen molar-refractivity contribution in [1.82, 2.24) is 30.8 Å². The number of hydrogen-bond donors (Lipinski definition) is 5. The maximum atomic E-state index is 12.4. The van der Waals surface area contributed by atoms with Crippen LogP contribution in [0.2, 0.25) is 0 Å². The Labute approximate surface area is 206 Å². The Morgan fingerprint density at radius 1 is 0.806 bits per heavy atom. The molecule has 0 radical (unpaired) electrons. The fourth-order valence-corrected chi connectivity index (χ4v) is 3.01. The number of ether oxygens (including phenoxy) is 1. The Hall–Kier alpha value is -5.26. The summed E-state index contributed by atoms with van der Waals surface area (Å²) >= 11 is 0. The zero-order chi connectivity index (χ0) is 25.2. The molecule has 2 heterocycles. The molecule has 182 valence electrons. The summed E-state index contributed by atoms with van der Waals surface area (Å²) in [6.45, 7) is 0. The number of anilines is 4. The van der Waals surface area contributed by atoms with Gasteiger partial charge in [-0.15, -0.1) is 0 Å². The third-order valence-electron chi connectivity index (χ3n) is 4.71. The quantitative estimate of drug-likeness (QED) is 0.212. The van der Waals surface area contributed by atoms with Crippen molar-refractivity contribution < 1.29 is 14.3 Å². The van der Waals surface area contributed by atoms with E-state index in [9.17, 15) is 9.59 Å². The van der Waals surface area contributed by atoms with Gasteiger partial charge in [-0.2, -0.15) is 15.0 Å². The highest BCUT2D eigenvalue weighted by atomic mass is 16.5. The Bertz CT molecular complexity index is 1320. The van der Waals surface area contributed by atoms with Gasteiger partial charge in [-0.05, 0) is 29.8 Å². The van der Waals surface area contributed by atoms with Crippen molar-refractivity contribution in [2.24, 2.45) is 0 Å². The number of nitrogens with one attached hydrogen (secondary N) is 5. The number of amides is 2. The first-order valence-electron chi connectivity index (χ1n) is 10.8. The summed E-state index contributed by atoms with van der Waals surface area (Å²) in [5, 5.41) is 3.05. The van der Waals surface area contributed by atoms with Crippen molar-refractivity contribution in [2.45, 2.75) is 6.42 Å². The Morgan fingerprint density at radius 2 is 1.50 bits per heavy atom. The average Bonchev–Trinajstić information content (AvgIpc) is 2.91.